The molecule has 1 unspecified atom stereocenters. The van der Waals surface area contributed by atoms with Crippen LogP contribution in [-0.2, 0) is 20.8 Å². The first-order valence-electron chi connectivity index (χ1n) is 6.60. The number of nitrogens with zero attached hydrogens (tertiary/aromatic N) is 1. The van der Waals surface area contributed by atoms with Gasteiger partial charge in [-0.15, -0.1) is 11.3 Å². The highest BCUT2D eigenvalue weighted by atomic mass is 32.1. The molecule has 8 heteroatoms. The molecular weight excluding hydrogens is 294 g/mol. The number of aliphatic carboxylic acids is 1. The van der Waals surface area contributed by atoms with Gasteiger partial charge in [-0.2, -0.15) is 0 Å². The summed E-state index contributed by atoms with van der Waals surface area (Å²) in [5.41, 5.74) is 0.497. The first-order chi connectivity index (χ1) is 9.83. The number of amides is 2. The summed E-state index contributed by atoms with van der Waals surface area (Å²) in [7, 11) is 0. The molecule has 1 heterocycles. The molecule has 1 atom stereocenters. The van der Waals surface area contributed by atoms with Crippen molar-refractivity contribution in [3.8, 4) is 0 Å². The molecule has 0 saturated carbocycles. The smallest absolute Gasteiger partial charge is 0.326 e. The Kier molecular flexibility index (Phi) is 6.29. The van der Waals surface area contributed by atoms with Crippen LogP contribution in [0.25, 0.3) is 0 Å². The third kappa shape index (κ3) is 5.50. The van der Waals surface area contributed by atoms with Gasteiger partial charge < -0.3 is 15.7 Å². The molecule has 0 aliphatic heterocycles. The number of carbonyl (C=O) groups excluding carboxylic acids is 2. The summed E-state index contributed by atoms with van der Waals surface area (Å²) in [5, 5.41) is 16.0. The lowest BCUT2D eigenvalue weighted by Gasteiger charge is -2.11. The largest absolute Gasteiger partial charge is 0.480 e. The minimum absolute atomic E-state index is 0.0160. The average Bonchev–Trinajstić information content (AvgIpc) is 2.82. The number of hydrogen-bond acceptors (Lipinski definition) is 5. The number of rotatable bonds is 7. The summed E-state index contributed by atoms with van der Waals surface area (Å²) >= 11 is 1.23. The molecule has 0 aliphatic carbocycles. The van der Waals surface area contributed by atoms with Crippen molar-refractivity contribution >= 4 is 34.3 Å². The molecule has 0 aliphatic rings. The number of nitrogens with one attached hydrogen (secondary N) is 2. The fourth-order valence-electron chi connectivity index (χ4n) is 1.44. The van der Waals surface area contributed by atoms with E-state index in [4.69, 9.17) is 5.11 Å². The fraction of sp³-hybridized carbons (Fsp3) is 0.538. The van der Waals surface area contributed by atoms with Crippen molar-refractivity contribution in [1.82, 2.24) is 10.3 Å². The predicted molar refractivity (Wildman–Crippen MR) is 79.1 cm³/mol. The number of carboxylic acids is 1. The van der Waals surface area contributed by atoms with E-state index in [1.807, 2.05) is 0 Å². The molecule has 1 aromatic rings. The van der Waals surface area contributed by atoms with Gasteiger partial charge in [-0.05, 0) is 6.42 Å². The first-order valence-corrected chi connectivity index (χ1v) is 7.48. The van der Waals surface area contributed by atoms with E-state index >= 15 is 0 Å². The van der Waals surface area contributed by atoms with Gasteiger partial charge in [0.2, 0.25) is 11.8 Å². The quantitative estimate of drug-likeness (QED) is 0.702. The number of carbonyl (C=O) groups is 3. The van der Waals surface area contributed by atoms with Crippen molar-refractivity contribution in [2.45, 2.75) is 39.7 Å². The number of carboxylic acid groups (broad SMARTS) is 1. The molecule has 0 aromatic carbocycles. The zero-order valence-corrected chi connectivity index (χ0v) is 13.0. The molecule has 3 N–H and O–H groups in total. The molecular formula is C13H19N3O4S. The van der Waals surface area contributed by atoms with E-state index in [9.17, 15) is 14.4 Å². The lowest BCUT2D eigenvalue weighted by molar-refractivity contribution is -0.141. The highest BCUT2D eigenvalue weighted by Crippen LogP contribution is 2.16. The Bertz CT molecular complexity index is 527. The van der Waals surface area contributed by atoms with E-state index in [0.717, 1.165) is 0 Å². The Morgan fingerprint density at radius 2 is 2.05 bits per heavy atom. The van der Waals surface area contributed by atoms with Crippen LogP contribution in [0.3, 0.4) is 0 Å². The van der Waals surface area contributed by atoms with Crippen molar-refractivity contribution in [3.05, 3.63) is 11.1 Å². The van der Waals surface area contributed by atoms with Gasteiger partial charge in [0.1, 0.15) is 6.04 Å². The Hall–Kier alpha value is -1.96. The number of hydrogen-bond donors (Lipinski definition) is 3. The van der Waals surface area contributed by atoms with Crippen molar-refractivity contribution in [2.24, 2.45) is 5.92 Å². The topological polar surface area (TPSA) is 108 Å². The van der Waals surface area contributed by atoms with Crippen LogP contribution in [0.4, 0.5) is 5.13 Å². The van der Waals surface area contributed by atoms with Crippen molar-refractivity contribution < 1.29 is 19.5 Å². The standard InChI is InChI=1S/C13H19N3O4S/c1-4-9(12(19)20)15-10(17)5-8-6-21-13(14-8)16-11(18)7(2)3/h6-7,9H,4-5H2,1-3H3,(H,15,17)(H,19,20)(H,14,16,18). The van der Waals surface area contributed by atoms with Gasteiger partial charge >= 0.3 is 5.97 Å². The Labute approximate surface area is 126 Å². The molecule has 0 bridgehead atoms. The van der Waals surface area contributed by atoms with Crippen LogP contribution in [-0.4, -0.2) is 33.9 Å². The zero-order valence-electron chi connectivity index (χ0n) is 12.2. The average molecular weight is 313 g/mol. The second-order valence-corrected chi connectivity index (χ2v) is 5.69. The molecule has 0 spiro atoms. The maximum Gasteiger partial charge on any atom is 0.326 e. The third-order valence-electron chi connectivity index (χ3n) is 2.69. The molecule has 0 radical (unpaired) electrons. The van der Waals surface area contributed by atoms with E-state index in [-0.39, 0.29) is 18.2 Å². The van der Waals surface area contributed by atoms with Gasteiger partial charge in [0.25, 0.3) is 0 Å². The lowest BCUT2D eigenvalue weighted by atomic mass is 10.2. The summed E-state index contributed by atoms with van der Waals surface area (Å²) in [6.45, 7) is 5.23. The van der Waals surface area contributed by atoms with Crippen molar-refractivity contribution in [2.75, 3.05) is 5.32 Å². The summed E-state index contributed by atoms with van der Waals surface area (Å²) in [6.07, 6.45) is 0.297. The van der Waals surface area contributed by atoms with Gasteiger partial charge in [-0.25, -0.2) is 9.78 Å². The van der Waals surface area contributed by atoms with E-state index in [1.165, 1.54) is 11.3 Å². The van der Waals surface area contributed by atoms with E-state index in [0.29, 0.717) is 17.2 Å². The SMILES string of the molecule is CCC(NC(=O)Cc1csc(NC(=O)C(C)C)n1)C(=O)O. The molecule has 0 saturated heterocycles. The summed E-state index contributed by atoms with van der Waals surface area (Å²) < 4.78 is 0. The summed E-state index contributed by atoms with van der Waals surface area (Å²) in [5.74, 6) is -1.76. The molecule has 0 fully saturated rings. The molecule has 7 nitrogen and oxygen atoms in total. The highest BCUT2D eigenvalue weighted by Gasteiger charge is 2.18. The minimum atomic E-state index is -1.06. The normalized spacial score (nSPS) is 12.0. The molecule has 21 heavy (non-hydrogen) atoms. The summed E-state index contributed by atoms with van der Waals surface area (Å²) in [4.78, 5) is 38.2. The maximum atomic E-state index is 11.7. The van der Waals surface area contributed by atoms with E-state index in [1.54, 1.807) is 26.2 Å². The van der Waals surface area contributed by atoms with Crippen LogP contribution in [0.2, 0.25) is 0 Å². The monoisotopic (exact) mass is 313 g/mol. The van der Waals surface area contributed by atoms with Crippen LogP contribution in [0.15, 0.2) is 5.38 Å². The molecule has 1 aromatic heterocycles. The van der Waals surface area contributed by atoms with Gasteiger partial charge in [-0.1, -0.05) is 20.8 Å². The van der Waals surface area contributed by atoms with Crippen LogP contribution in [0, 0.1) is 5.92 Å². The fourth-order valence-corrected chi connectivity index (χ4v) is 2.16. The molecule has 2 amide bonds. The molecule has 1 rings (SSSR count). The number of thiazole rings is 1. The summed E-state index contributed by atoms with van der Waals surface area (Å²) in [6, 6.07) is -0.892. The number of anilines is 1. The van der Waals surface area contributed by atoms with Crippen LogP contribution in [0.1, 0.15) is 32.9 Å². The van der Waals surface area contributed by atoms with Crippen LogP contribution >= 0.6 is 11.3 Å². The Morgan fingerprint density at radius 3 is 2.57 bits per heavy atom. The Morgan fingerprint density at radius 1 is 1.38 bits per heavy atom. The second-order valence-electron chi connectivity index (χ2n) is 4.83. The van der Waals surface area contributed by atoms with Gasteiger partial charge in [0.15, 0.2) is 5.13 Å². The number of aromatic nitrogens is 1. The van der Waals surface area contributed by atoms with Crippen molar-refractivity contribution in [1.29, 1.82) is 0 Å². The first kappa shape index (κ1) is 17.1. The van der Waals surface area contributed by atoms with Gasteiger partial charge in [0, 0.05) is 11.3 Å². The van der Waals surface area contributed by atoms with Gasteiger partial charge in [0.05, 0.1) is 12.1 Å². The predicted octanol–water partition coefficient (Wildman–Crippen LogP) is 1.26. The Balaban J connectivity index is 2.56. The highest BCUT2D eigenvalue weighted by molar-refractivity contribution is 7.13. The minimum Gasteiger partial charge on any atom is -0.480 e. The van der Waals surface area contributed by atoms with Gasteiger partial charge in [-0.3, -0.25) is 9.59 Å². The van der Waals surface area contributed by atoms with Crippen LogP contribution < -0.4 is 10.6 Å². The molecule has 116 valence electrons. The maximum absolute atomic E-state index is 11.7. The van der Waals surface area contributed by atoms with E-state index < -0.39 is 17.9 Å². The lowest BCUT2D eigenvalue weighted by Crippen LogP contribution is -2.41. The third-order valence-corrected chi connectivity index (χ3v) is 3.50. The van der Waals surface area contributed by atoms with E-state index in [2.05, 4.69) is 15.6 Å². The second kappa shape index (κ2) is 7.72. The van der Waals surface area contributed by atoms with Crippen molar-refractivity contribution in [3.63, 3.8) is 0 Å². The van der Waals surface area contributed by atoms with Crippen LogP contribution in [0.5, 0.6) is 0 Å². The zero-order chi connectivity index (χ0) is 16.0.